The van der Waals surface area contributed by atoms with Crippen molar-refractivity contribution in [1.29, 1.82) is 0 Å². The number of hydrogen-bond donors (Lipinski definition) is 2. The molecule has 0 saturated carbocycles. The van der Waals surface area contributed by atoms with Crippen LogP contribution in [0, 0.1) is 0 Å². The Morgan fingerprint density at radius 3 is 2.35 bits per heavy atom. The topological polar surface area (TPSA) is 75.4 Å². The van der Waals surface area contributed by atoms with Crippen molar-refractivity contribution in [1.82, 2.24) is 0 Å². The van der Waals surface area contributed by atoms with Crippen LogP contribution in [0.25, 0.3) is 0 Å². The Morgan fingerprint density at radius 2 is 1.78 bits per heavy atom. The van der Waals surface area contributed by atoms with Crippen LogP contribution < -0.4 is 16.0 Å². The highest BCUT2D eigenvalue weighted by molar-refractivity contribution is 5.95. The van der Waals surface area contributed by atoms with Crippen LogP contribution in [0.1, 0.15) is 24.4 Å². The van der Waals surface area contributed by atoms with E-state index in [2.05, 4.69) is 5.32 Å². The molecule has 0 bridgehead atoms. The number of amides is 2. The Labute approximate surface area is 135 Å². The molecule has 1 aliphatic heterocycles. The highest BCUT2D eigenvalue weighted by Crippen LogP contribution is 2.25. The lowest BCUT2D eigenvalue weighted by Gasteiger charge is -2.19. The number of anilines is 2. The van der Waals surface area contributed by atoms with Crippen molar-refractivity contribution in [3.05, 3.63) is 60.2 Å². The van der Waals surface area contributed by atoms with Crippen LogP contribution in [-0.2, 0) is 9.59 Å². The summed E-state index contributed by atoms with van der Waals surface area (Å²) in [6.45, 7) is 0.763. The van der Waals surface area contributed by atoms with Gasteiger partial charge in [-0.25, -0.2) is 0 Å². The molecule has 118 valence electrons. The van der Waals surface area contributed by atoms with Gasteiger partial charge >= 0.3 is 0 Å². The first-order valence-electron chi connectivity index (χ1n) is 7.66. The lowest BCUT2D eigenvalue weighted by molar-refractivity contribution is -0.119. The molecular weight excluding hydrogens is 290 g/mol. The van der Waals surface area contributed by atoms with Gasteiger partial charge in [-0.05, 0) is 36.2 Å². The first-order chi connectivity index (χ1) is 11.1. The number of hydrogen-bond acceptors (Lipinski definition) is 3. The third-order valence-corrected chi connectivity index (χ3v) is 3.98. The fourth-order valence-corrected chi connectivity index (χ4v) is 2.79. The van der Waals surface area contributed by atoms with Crippen LogP contribution in [0.2, 0.25) is 0 Å². The van der Waals surface area contributed by atoms with Crippen LogP contribution in [0.4, 0.5) is 11.4 Å². The highest BCUT2D eigenvalue weighted by atomic mass is 16.2. The second-order valence-corrected chi connectivity index (χ2v) is 5.59. The van der Waals surface area contributed by atoms with Crippen molar-refractivity contribution in [3.63, 3.8) is 0 Å². The van der Waals surface area contributed by atoms with E-state index in [1.807, 2.05) is 54.6 Å². The van der Waals surface area contributed by atoms with E-state index >= 15 is 0 Å². The van der Waals surface area contributed by atoms with Crippen LogP contribution in [-0.4, -0.2) is 18.4 Å². The number of primary amides is 1. The normalized spacial score (nSPS) is 15.5. The number of benzene rings is 2. The van der Waals surface area contributed by atoms with Crippen LogP contribution in [0.3, 0.4) is 0 Å². The molecule has 0 unspecified atom stereocenters. The summed E-state index contributed by atoms with van der Waals surface area (Å²) < 4.78 is 0. The Bertz CT molecular complexity index is 698. The predicted octanol–water partition coefficient (Wildman–Crippen LogP) is 2.45. The van der Waals surface area contributed by atoms with Gasteiger partial charge in [0, 0.05) is 24.3 Å². The molecule has 5 nitrogen and oxygen atoms in total. The summed E-state index contributed by atoms with van der Waals surface area (Å²) in [5, 5.41) is 3.15. The summed E-state index contributed by atoms with van der Waals surface area (Å²) in [4.78, 5) is 25.3. The van der Waals surface area contributed by atoms with Crippen LogP contribution in [0.15, 0.2) is 54.6 Å². The number of nitrogens with two attached hydrogens (primary N) is 1. The number of rotatable bonds is 5. The maximum atomic E-state index is 11.8. The molecule has 3 N–H and O–H groups in total. The van der Waals surface area contributed by atoms with E-state index in [1.165, 1.54) is 0 Å². The molecule has 0 spiro atoms. The number of carbonyl (C=O) groups is 2. The van der Waals surface area contributed by atoms with E-state index in [1.54, 1.807) is 4.90 Å². The van der Waals surface area contributed by atoms with Gasteiger partial charge in [0.25, 0.3) is 0 Å². The fraction of sp³-hybridized carbons (Fsp3) is 0.222. The molecule has 2 amide bonds. The molecule has 0 radical (unpaired) electrons. The summed E-state index contributed by atoms with van der Waals surface area (Å²) in [5.74, 6) is -0.278. The summed E-state index contributed by atoms with van der Waals surface area (Å²) >= 11 is 0. The van der Waals surface area contributed by atoms with E-state index in [0.29, 0.717) is 6.42 Å². The van der Waals surface area contributed by atoms with Crippen molar-refractivity contribution in [3.8, 4) is 0 Å². The zero-order chi connectivity index (χ0) is 16.2. The molecule has 1 aliphatic rings. The van der Waals surface area contributed by atoms with Gasteiger partial charge in [0.15, 0.2) is 0 Å². The van der Waals surface area contributed by atoms with Crippen molar-refractivity contribution in [2.24, 2.45) is 5.73 Å². The fourth-order valence-electron chi connectivity index (χ4n) is 2.79. The van der Waals surface area contributed by atoms with E-state index < -0.39 is 11.9 Å². The van der Waals surface area contributed by atoms with Crippen molar-refractivity contribution >= 4 is 23.2 Å². The lowest BCUT2D eigenvalue weighted by atomic mass is 10.1. The summed E-state index contributed by atoms with van der Waals surface area (Å²) in [5.41, 5.74) is 8.00. The van der Waals surface area contributed by atoms with E-state index in [0.717, 1.165) is 29.9 Å². The zero-order valence-electron chi connectivity index (χ0n) is 12.7. The van der Waals surface area contributed by atoms with E-state index in [-0.39, 0.29) is 5.91 Å². The maximum absolute atomic E-state index is 11.8. The van der Waals surface area contributed by atoms with Crippen molar-refractivity contribution < 1.29 is 9.59 Å². The summed E-state index contributed by atoms with van der Waals surface area (Å²) in [6.07, 6.45) is 1.51. The number of nitrogens with one attached hydrogen (secondary N) is 1. The SMILES string of the molecule is NC(=O)[C@H](Nc1ccc(N2CCCC2=O)cc1)c1ccccc1. The smallest absolute Gasteiger partial charge is 0.244 e. The molecule has 1 atom stereocenters. The number of nitrogens with zero attached hydrogens (tertiary/aromatic N) is 1. The van der Waals surface area contributed by atoms with Crippen LogP contribution >= 0.6 is 0 Å². The Morgan fingerprint density at radius 1 is 1.09 bits per heavy atom. The molecular formula is C18H19N3O2. The second-order valence-electron chi connectivity index (χ2n) is 5.59. The Balaban J connectivity index is 1.76. The van der Waals surface area contributed by atoms with Gasteiger partial charge in [-0.15, -0.1) is 0 Å². The molecule has 1 saturated heterocycles. The Hall–Kier alpha value is -2.82. The maximum Gasteiger partial charge on any atom is 0.244 e. The molecule has 2 aromatic carbocycles. The largest absolute Gasteiger partial charge is 0.370 e. The average Bonchev–Trinajstić information content (AvgIpc) is 3.00. The molecule has 23 heavy (non-hydrogen) atoms. The first kappa shape index (κ1) is 15.1. The van der Waals surface area contributed by atoms with E-state index in [4.69, 9.17) is 5.73 Å². The average molecular weight is 309 g/mol. The monoisotopic (exact) mass is 309 g/mol. The molecule has 3 rings (SSSR count). The van der Waals surface area contributed by atoms with Gasteiger partial charge in [-0.1, -0.05) is 30.3 Å². The minimum absolute atomic E-state index is 0.157. The minimum Gasteiger partial charge on any atom is -0.370 e. The predicted molar refractivity (Wildman–Crippen MR) is 90.0 cm³/mol. The molecule has 0 aromatic heterocycles. The second kappa shape index (κ2) is 6.52. The first-order valence-corrected chi connectivity index (χ1v) is 7.66. The summed E-state index contributed by atoms with van der Waals surface area (Å²) in [7, 11) is 0. The van der Waals surface area contributed by atoms with Gasteiger partial charge in [-0.2, -0.15) is 0 Å². The molecule has 2 aromatic rings. The quantitative estimate of drug-likeness (QED) is 0.891. The summed E-state index contributed by atoms with van der Waals surface area (Å²) in [6, 6.07) is 16.3. The van der Waals surface area contributed by atoms with Crippen molar-refractivity contribution in [2.75, 3.05) is 16.8 Å². The standard InChI is InChI=1S/C18H19N3O2/c19-18(23)17(13-5-2-1-3-6-13)20-14-8-10-15(11-9-14)21-12-4-7-16(21)22/h1-3,5-6,8-11,17,20H,4,7,12H2,(H2,19,23)/t17-/m1/s1. The van der Waals surface area contributed by atoms with Gasteiger partial charge < -0.3 is 16.0 Å². The third-order valence-electron chi connectivity index (χ3n) is 3.98. The third kappa shape index (κ3) is 3.34. The molecule has 1 heterocycles. The minimum atomic E-state index is -0.588. The Kier molecular flexibility index (Phi) is 4.28. The van der Waals surface area contributed by atoms with Gasteiger partial charge in [0.2, 0.25) is 11.8 Å². The number of carbonyl (C=O) groups excluding carboxylic acids is 2. The molecule has 0 aliphatic carbocycles. The highest BCUT2D eigenvalue weighted by Gasteiger charge is 2.22. The zero-order valence-corrected chi connectivity index (χ0v) is 12.7. The van der Waals surface area contributed by atoms with Gasteiger partial charge in [0.05, 0.1) is 0 Å². The van der Waals surface area contributed by atoms with E-state index in [9.17, 15) is 9.59 Å². The van der Waals surface area contributed by atoms with Crippen LogP contribution in [0.5, 0.6) is 0 Å². The van der Waals surface area contributed by atoms with Gasteiger partial charge in [0.1, 0.15) is 6.04 Å². The molecule has 1 fully saturated rings. The van der Waals surface area contributed by atoms with Gasteiger partial charge in [-0.3, -0.25) is 9.59 Å². The lowest BCUT2D eigenvalue weighted by Crippen LogP contribution is -2.27. The molecule has 5 heteroatoms. The van der Waals surface area contributed by atoms with Crippen molar-refractivity contribution in [2.45, 2.75) is 18.9 Å².